The Morgan fingerprint density at radius 2 is 2.50 bits per heavy atom. The van der Waals surface area contributed by atoms with Crippen molar-refractivity contribution in [1.82, 2.24) is 10.2 Å². The van der Waals surface area contributed by atoms with E-state index in [2.05, 4.69) is 16.8 Å². The second-order valence-electron chi connectivity index (χ2n) is 2.63. The fraction of sp³-hybridized carbons (Fsp3) is 0.250. The second-order valence-corrected chi connectivity index (χ2v) is 2.63. The molecule has 0 aliphatic carbocycles. The summed E-state index contributed by atoms with van der Waals surface area (Å²) in [6.45, 7) is 5.28. The van der Waals surface area contributed by atoms with Gasteiger partial charge in [-0.15, -0.1) is 0 Å². The zero-order valence-electron chi connectivity index (χ0n) is 6.74. The average Bonchev–Trinajstić information content (AvgIpc) is 2.37. The van der Waals surface area contributed by atoms with Crippen molar-refractivity contribution in [3.05, 3.63) is 30.1 Å². The monoisotopic (exact) mass is 166 g/mol. The van der Waals surface area contributed by atoms with Gasteiger partial charge in [0.25, 0.3) is 0 Å². The number of hydrogen-bond acceptors (Lipinski definition) is 2. The Kier molecular flexibility index (Phi) is 2.28. The van der Waals surface area contributed by atoms with Crippen molar-refractivity contribution in [2.75, 3.05) is 0 Å². The predicted octanol–water partition coefficient (Wildman–Crippen LogP) is 1.15. The third-order valence-electron chi connectivity index (χ3n) is 1.57. The summed E-state index contributed by atoms with van der Waals surface area (Å²) >= 11 is 0. The number of carboxylic acid groups (broad SMARTS) is 1. The van der Waals surface area contributed by atoms with E-state index in [4.69, 9.17) is 5.11 Å². The molecular formula is C8H10N2O2. The summed E-state index contributed by atoms with van der Waals surface area (Å²) in [6, 6.07) is 1.63. The van der Waals surface area contributed by atoms with Crippen LogP contribution in [0, 0.1) is 0 Å². The van der Waals surface area contributed by atoms with E-state index in [1.165, 1.54) is 6.20 Å². The van der Waals surface area contributed by atoms with Crippen LogP contribution in [-0.2, 0) is 4.79 Å². The number of nitrogens with one attached hydrogen (secondary N) is 1. The third-order valence-corrected chi connectivity index (χ3v) is 1.57. The summed E-state index contributed by atoms with van der Waals surface area (Å²) in [5, 5.41) is 15.1. The van der Waals surface area contributed by atoms with E-state index in [9.17, 15) is 4.79 Å². The number of rotatable bonds is 3. The molecule has 0 spiro atoms. The van der Waals surface area contributed by atoms with Crippen molar-refractivity contribution >= 4 is 5.97 Å². The number of aliphatic carboxylic acids is 1. The molecule has 0 amide bonds. The van der Waals surface area contributed by atoms with E-state index in [1.807, 2.05) is 0 Å². The van der Waals surface area contributed by atoms with Crippen molar-refractivity contribution in [2.24, 2.45) is 0 Å². The fourth-order valence-corrected chi connectivity index (χ4v) is 1.04. The fourth-order valence-electron chi connectivity index (χ4n) is 1.04. The summed E-state index contributed by atoms with van der Waals surface area (Å²) in [5.74, 6) is -1.58. The summed E-state index contributed by atoms with van der Waals surface area (Å²) in [7, 11) is 0. The van der Waals surface area contributed by atoms with E-state index < -0.39 is 11.9 Å². The normalized spacial score (nSPS) is 12.4. The molecule has 0 saturated heterocycles. The van der Waals surface area contributed by atoms with E-state index in [1.54, 1.807) is 13.0 Å². The largest absolute Gasteiger partial charge is 0.480 e. The lowest BCUT2D eigenvalue weighted by atomic mass is 9.99. The van der Waals surface area contributed by atoms with E-state index in [-0.39, 0.29) is 0 Å². The average molecular weight is 166 g/mol. The molecule has 0 bridgehead atoms. The Hall–Kier alpha value is -1.58. The SMILES string of the molecule is C=C(C)C(C(=O)O)c1ccn[nH]1. The van der Waals surface area contributed by atoms with Crippen molar-refractivity contribution in [3.8, 4) is 0 Å². The molecule has 1 aromatic heterocycles. The van der Waals surface area contributed by atoms with Gasteiger partial charge in [0, 0.05) is 6.20 Å². The van der Waals surface area contributed by atoms with Crippen molar-refractivity contribution in [2.45, 2.75) is 12.8 Å². The van der Waals surface area contributed by atoms with Crippen LogP contribution in [0.4, 0.5) is 0 Å². The van der Waals surface area contributed by atoms with Gasteiger partial charge >= 0.3 is 5.97 Å². The predicted molar refractivity (Wildman–Crippen MR) is 43.8 cm³/mol. The summed E-state index contributed by atoms with van der Waals surface area (Å²) in [4.78, 5) is 10.7. The molecular weight excluding hydrogens is 156 g/mol. The summed E-state index contributed by atoms with van der Waals surface area (Å²) < 4.78 is 0. The van der Waals surface area contributed by atoms with Gasteiger partial charge in [-0.25, -0.2) is 0 Å². The minimum atomic E-state index is -0.910. The van der Waals surface area contributed by atoms with Gasteiger partial charge in [-0.05, 0) is 13.0 Å². The van der Waals surface area contributed by atoms with Crippen LogP contribution in [-0.4, -0.2) is 21.3 Å². The standard InChI is InChI=1S/C8H10N2O2/c1-5(2)7(8(11)12)6-3-4-9-10-6/h3-4,7H,1H2,2H3,(H,9,10)(H,11,12). The molecule has 12 heavy (non-hydrogen) atoms. The molecule has 4 heteroatoms. The lowest BCUT2D eigenvalue weighted by Crippen LogP contribution is -2.12. The molecule has 1 atom stereocenters. The number of H-pyrrole nitrogens is 1. The zero-order valence-corrected chi connectivity index (χ0v) is 6.74. The molecule has 1 aromatic rings. The van der Waals surface area contributed by atoms with Crippen molar-refractivity contribution in [1.29, 1.82) is 0 Å². The van der Waals surface area contributed by atoms with Gasteiger partial charge in [0.2, 0.25) is 0 Å². The third kappa shape index (κ3) is 1.53. The van der Waals surface area contributed by atoms with Crippen LogP contribution in [0.25, 0.3) is 0 Å². The maximum absolute atomic E-state index is 10.7. The Balaban J connectivity index is 2.96. The highest BCUT2D eigenvalue weighted by Crippen LogP contribution is 2.20. The molecule has 1 heterocycles. The Morgan fingerprint density at radius 3 is 2.83 bits per heavy atom. The highest BCUT2D eigenvalue weighted by atomic mass is 16.4. The smallest absolute Gasteiger partial charge is 0.316 e. The molecule has 0 fully saturated rings. The van der Waals surface area contributed by atoms with Gasteiger partial charge < -0.3 is 5.11 Å². The van der Waals surface area contributed by atoms with Gasteiger partial charge in [-0.3, -0.25) is 9.89 Å². The van der Waals surface area contributed by atoms with Crippen molar-refractivity contribution < 1.29 is 9.90 Å². The maximum atomic E-state index is 10.7. The molecule has 64 valence electrons. The lowest BCUT2D eigenvalue weighted by Gasteiger charge is -2.08. The van der Waals surface area contributed by atoms with Gasteiger partial charge in [-0.1, -0.05) is 12.2 Å². The number of aromatic amines is 1. The molecule has 0 aliphatic heterocycles. The van der Waals surface area contributed by atoms with E-state index >= 15 is 0 Å². The summed E-state index contributed by atoms with van der Waals surface area (Å²) in [5.41, 5.74) is 1.15. The molecule has 1 rings (SSSR count). The van der Waals surface area contributed by atoms with Gasteiger partial charge in [0.1, 0.15) is 5.92 Å². The highest BCUT2D eigenvalue weighted by Gasteiger charge is 2.21. The number of carbonyl (C=O) groups is 1. The first kappa shape index (κ1) is 8.52. The first-order valence-corrected chi connectivity index (χ1v) is 3.50. The number of nitrogens with zero attached hydrogens (tertiary/aromatic N) is 1. The Labute approximate surface area is 69.9 Å². The van der Waals surface area contributed by atoms with Crippen molar-refractivity contribution in [3.63, 3.8) is 0 Å². The van der Waals surface area contributed by atoms with Gasteiger partial charge in [0.15, 0.2) is 0 Å². The van der Waals surface area contributed by atoms with Gasteiger partial charge in [-0.2, -0.15) is 5.10 Å². The zero-order chi connectivity index (χ0) is 9.14. The Morgan fingerprint density at radius 1 is 1.83 bits per heavy atom. The molecule has 1 unspecified atom stereocenters. The number of hydrogen-bond donors (Lipinski definition) is 2. The highest BCUT2D eigenvalue weighted by molar-refractivity contribution is 5.78. The van der Waals surface area contributed by atoms with Crippen LogP contribution < -0.4 is 0 Å². The van der Waals surface area contributed by atoms with Crippen LogP contribution in [0.15, 0.2) is 24.4 Å². The van der Waals surface area contributed by atoms with E-state index in [0.29, 0.717) is 11.3 Å². The number of aromatic nitrogens is 2. The molecule has 0 aromatic carbocycles. The molecule has 0 saturated carbocycles. The second kappa shape index (κ2) is 3.21. The quantitative estimate of drug-likeness (QED) is 0.662. The van der Waals surface area contributed by atoms with Crippen LogP contribution in [0.2, 0.25) is 0 Å². The number of carboxylic acids is 1. The Bertz CT molecular complexity index is 276. The maximum Gasteiger partial charge on any atom is 0.316 e. The topological polar surface area (TPSA) is 66.0 Å². The van der Waals surface area contributed by atoms with Crippen LogP contribution >= 0.6 is 0 Å². The first-order valence-electron chi connectivity index (χ1n) is 3.50. The van der Waals surface area contributed by atoms with Crippen LogP contribution in [0.5, 0.6) is 0 Å². The summed E-state index contributed by atoms with van der Waals surface area (Å²) in [6.07, 6.45) is 1.52. The van der Waals surface area contributed by atoms with Crippen LogP contribution in [0.3, 0.4) is 0 Å². The molecule has 0 radical (unpaired) electrons. The molecule has 4 nitrogen and oxygen atoms in total. The van der Waals surface area contributed by atoms with Crippen LogP contribution in [0.1, 0.15) is 18.5 Å². The van der Waals surface area contributed by atoms with Gasteiger partial charge in [0.05, 0.1) is 5.69 Å². The molecule has 0 aliphatic rings. The first-order chi connectivity index (χ1) is 5.63. The van der Waals surface area contributed by atoms with E-state index in [0.717, 1.165) is 0 Å². The lowest BCUT2D eigenvalue weighted by molar-refractivity contribution is -0.137. The minimum Gasteiger partial charge on any atom is -0.480 e. The minimum absolute atomic E-state index is 0.565. The molecule has 2 N–H and O–H groups in total.